The van der Waals surface area contributed by atoms with Gasteiger partial charge in [-0.2, -0.15) is 0 Å². The fraction of sp³-hybridized carbons (Fsp3) is 0.296. The molecular weight excluding hydrogens is 368 g/mol. The first-order chi connectivity index (χ1) is 14.7. The van der Waals surface area contributed by atoms with Crippen molar-refractivity contribution in [2.75, 3.05) is 32.7 Å². The number of carbonyl (C=O) groups excluding carboxylic acids is 1. The third-order valence-electron chi connectivity index (χ3n) is 6.00. The second-order valence-corrected chi connectivity index (χ2v) is 8.14. The fourth-order valence-electron chi connectivity index (χ4n) is 4.35. The van der Waals surface area contributed by atoms with E-state index in [1.165, 1.54) is 11.1 Å². The highest BCUT2D eigenvalue weighted by Crippen LogP contribution is 2.29. The number of rotatable bonds is 7. The van der Waals surface area contributed by atoms with Gasteiger partial charge in [0.15, 0.2) is 5.78 Å². The molecule has 154 valence electrons. The molecule has 0 unspecified atom stereocenters. The molecule has 3 aromatic carbocycles. The maximum absolute atomic E-state index is 12.5. The minimum atomic E-state index is 0.243. The Bertz CT molecular complexity index is 907. The van der Waals surface area contributed by atoms with E-state index in [9.17, 15) is 4.79 Å². The SMILES string of the molecule is Cc1cccc(C(=O)CCN2CCN(C(c3ccccc3)c3ccccc3)CC2)c1. The zero-order valence-electron chi connectivity index (χ0n) is 17.7. The molecule has 0 bridgehead atoms. The number of hydrogen-bond acceptors (Lipinski definition) is 3. The van der Waals surface area contributed by atoms with Crippen LogP contribution >= 0.6 is 0 Å². The molecule has 0 aromatic heterocycles. The molecule has 1 fully saturated rings. The number of piperazine rings is 1. The number of nitrogens with zero attached hydrogens (tertiary/aromatic N) is 2. The van der Waals surface area contributed by atoms with Crippen LogP contribution in [0.2, 0.25) is 0 Å². The van der Waals surface area contributed by atoms with E-state index in [1.54, 1.807) is 0 Å². The molecule has 0 radical (unpaired) electrons. The second kappa shape index (κ2) is 9.84. The second-order valence-electron chi connectivity index (χ2n) is 8.14. The number of Topliss-reactive ketones (excluding diaryl/α,β-unsaturated/α-hetero) is 1. The Hall–Kier alpha value is -2.75. The van der Waals surface area contributed by atoms with E-state index in [0.717, 1.165) is 43.9 Å². The first kappa shape index (κ1) is 20.5. The van der Waals surface area contributed by atoms with Gasteiger partial charge < -0.3 is 4.90 Å². The summed E-state index contributed by atoms with van der Waals surface area (Å²) < 4.78 is 0. The molecule has 0 aliphatic carbocycles. The molecule has 0 amide bonds. The van der Waals surface area contributed by atoms with Gasteiger partial charge in [0, 0.05) is 44.7 Å². The van der Waals surface area contributed by atoms with Gasteiger partial charge in [-0.15, -0.1) is 0 Å². The lowest BCUT2D eigenvalue weighted by Crippen LogP contribution is -2.48. The molecule has 4 rings (SSSR count). The highest BCUT2D eigenvalue weighted by molar-refractivity contribution is 5.96. The summed E-state index contributed by atoms with van der Waals surface area (Å²) in [7, 11) is 0. The Kier molecular flexibility index (Phi) is 6.73. The molecule has 3 heteroatoms. The van der Waals surface area contributed by atoms with E-state index in [2.05, 4.69) is 70.5 Å². The fourth-order valence-corrected chi connectivity index (χ4v) is 4.35. The van der Waals surface area contributed by atoms with Crippen molar-refractivity contribution < 1.29 is 4.79 Å². The van der Waals surface area contributed by atoms with E-state index < -0.39 is 0 Å². The van der Waals surface area contributed by atoms with E-state index in [1.807, 2.05) is 31.2 Å². The summed E-state index contributed by atoms with van der Waals surface area (Å²) in [5.74, 6) is 0.243. The molecule has 0 atom stereocenters. The van der Waals surface area contributed by atoms with Crippen molar-refractivity contribution >= 4 is 5.78 Å². The Morgan fingerprint density at radius 3 is 1.97 bits per heavy atom. The van der Waals surface area contributed by atoms with Crippen molar-refractivity contribution in [3.63, 3.8) is 0 Å². The van der Waals surface area contributed by atoms with Crippen molar-refractivity contribution in [3.8, 4) is 0 Å². The largest absolute Gasteiger partial charge is 0.300 e. The highest BCUT2D eigenvalue weighted by atomic mass is 16.1. The lowest BCUT2D eigenvalue weighted by Gasteiger charge is -2.39. The molecule has 30 heavy (non-hydrogen) atoms. The Balaban J connectivity index is 1.37. The summed E-state index contributed by atoms with van der Waals surface area (Å²) in [4.78, 5) is 17.5. The number of aryl methyl sites for hydroxylation is 1. The summed E-state index contributed by atoms with van der Waals surface area (Å²) in [6.07, 6.45) is 0.588. The summed E-state index contributed by atoms with van der Waals surface area (Å²) in [5.41, 5.74) is 4.66. The van der Waals surface area contributed by atoms with Crippen molar-refractivity contribution in [2.24, 2.45) is 0 Å². The number of benzene rings is 3. The van der Waals surface area contributed by atoms with E-state index >= 15 is 0 Å². The third kappa shape index (κ3) is 5.05. The van der Waals surface area contributed by atoms with E-state index in [0.29, 0.717) is 6.42 Å². The van der Waals surface area contributed by atoms with Crippen LogP contribution in [0.15, 0.2) is 84.9 Å². The van der Waals surface area contributed by atoms with Gasteiger partial charge >= 0.3 is 0 Å². The standard InChI is InChI=1S/C27H30N2O/c1-22-9-8-14-25(21-22)26(30)15-16-28-17-19-29(20-18-28)27(23-10-4-2-5-11-23)24-12-6-3-7-13-24/h2-14,21,27H,15-20H2,1H3. The average molecular weight is 399 g/mol. The molecule has 0 spiro atoms. The topological polar surface area (TPSA) is 23.6 Å². The van der Waals surface area contributed by atoms with Crippen LogP contribution in [0.5, 0.6) is 0 Å². The van der Waals surface area contributed by atoms with Crippen LogP contribution < -0.4 is 0 Å². The molecule has 3 nitrogen and oxygen atoms in total. The molecule has 3 aromatic rings. The first-order valence-corrected chi connectivity index (χ1v) is 10.9. The molecule has 1 aliphatic heterocycles. The number of ketones is 1. The van der Waals surface area contributed by atoms with Gasteiger partial charge in [-0.25, -0.2) is 0 Å². The van der Waals surface area contributed by atoms with Gasteiger partial charge in [-0.3, -0.25) is 9.69 Å². The minimum absolute atomic E-state index is 0.243. The predicted octanol–water partition coefficient (Wildman–Crippen LogP) is 4.98. The van der Waals surface area contributed by atoms with Crippen LogP contribution in [0.25, 0.3) is 0 Å². The van der Waals surface area contributed by atoms with Crippen LogP contribution in [-0.4, -0.2) is 48.3 Å². The predicted molar refractivity (Wildman–Crippen MR) is 123 cm³/mol. The number of carbonyl (C=O) groups is 1. The van der Waals surface area contributed by atoms with Crippen LogP contribution in [0.1, 0.15) is 39.5 Å². The van der Waals surface area contributed by atoms with Crippen molar-refractivity contribution in [1.29, 1.82) is 0 Å². The van der Waals surface area contributed by atoms with Crippen LogP contribution in [0, 0.1) is 6.92 Å². The molecule has 1 saturated heterocycles. The molecule has 0 saturated carbocycles. The van der Waals surface area contributed by atoms with Gasteiger partial charge in [0.2, 0.25) is 0 Å². The zero-order chi connectivity index (χ0) is 20.8. The van der Waals surface area contributed by atoms with Crippen molar-refractivity contribution in [2.45, 2.75) is 19.4 Å². The minimum Gasteiger partial charge on any atom is -0.300 e. The summed E-state index contributed by atoms with van der Waals surface area (Å²) in [6, 6.07) is 29.8. The zero-order valence-corrected chi connectivity index (χ0v) is 17.7. The van der Waals surface area contributed by atoms with Crippen LogP contribution in [0.4, 0.5) is 0 Å². The first-order valence-electron chi connectivity index (χ1n) is 10.9. The molecular formula is C27H30N2O. The average Bonchev–Trinajstić information content (AvgIpc) is 2.80. The molecule has 1 heterocycles. The lowest BCUT2D eigenvalue weighted by atomic mass is 9.96. The van der Waals surface area contributed by atoms with E-state index in [4.69, 9.17) is 0 Å². The Labute approximate surface area is 180 Å². The van der Waals surface area contributed by atoms with Gasteiger partial charge in [0.05, 0.1) is 6.04 Å². The Morgan fingerprint density at radius 1 is 0.800 bits per heavy atom. The smallest absolute Gasteiger partial charge is 0.164 e. The Morgan fingerprint density at radius 2 is 1.40 bits per heavy atom. The van der Waals surface area contributed by atoms with Gasteiger partial charge in [-0.05, 0) is 24.1 Å². The van der Waals surface area contributed by atoms with Gasteiger partial charge in [-0.1, -0.05) is 84.4 Å². The highest BCUT2D eigenvalue weighted by Gasteiger charge is 2.26. The monoisotopic (exact) mass is 398 g/mol. The summed E-state index contributed by atoms with van der Waals surface area (Å²) in [5, 5.41) is 0. The van der Waals surface area contributed by atoms with Crippen molar-refractivity contribution in [1.82, 2.24) is 9.80 Å². The third-order valence-corrected chi connectivity index (χ3v) is 6.00. The van der Waals surface area contributed by atoms with Crippen molar-refractivity contribution in [3.05, 3.63) is 107 Å². The normalized spacial score (nSPS) is 15.4. The maximum Gasteiger partial charge on any atom is 0.164 e. The lowest BCUT2D eigenvalue weighted by molar-refractivity contribution is 0.0893. The van der Waals surface area contributed by atoms with E-state index in [-0.39, 0.29) is 11.8 Å². The summed E-state index contributed by atoms with van der Waals surface area (Å²) in [6.45, 7) is 6.88. The van der Waals surface area contributed by atoms with Gasteiger partial charge in [0.1, 0.15) is 0 Å². The van der Waals surface area contributed by atoms with Gasteiger partial charge in [0.25, 0.3) is 0 Å². The van der Waals surface area contributed by atoms with Crippen LogP contribution in [0.3, 0.4) is 0 Å². The maximum atomic E-state index is 12.5. The number of hydrogen-bond donors (Lipinski definition) is 0. The summed E-state index contributed by atoms with van der Waals surface area (Å²) >= 11 is 0. The molecule has 1 aliphatic rings. The van der Waals surface area contributed by atoms with Crippen LogP contribution in [-0.2, 0) is 0 Å². The molecule has 0 N–H and O–H groups in total. The quantitative estimate of drug-likeness (QED) is 0.525.